The molecule has 0 atom stereocenters. The average Bonchev–Trinajstić information content (AvgIpc) is 2.11. The summed E-state index contributed by atoms with van der Waals surface area (Å²) in [4.78, 5) is 34.1. The van der Waals surface area contributed by atoms with E-state index < -0.39 is 17.7 Å². The fourth-order valence-corrected chi connectivity index (χ4v) is 1.36. The maximum atomic E-state index is 11.5. The summed E-state index contributed by atoms with van der Waals surface area (Å²) in [5.41, 5.74) is -0.622. The smallest absolute Gasteiger partial charge is 0.410 e. The molecule has 0 saturated carbocycles. The van der Waals surface area contributed by atoms with Crippen molar-refractivity contribution in [2.75, 3.05) is 19.3 Å². The molecule has 0 aromatic carbocycles. The Balaban J connectivity index is 4.08. The average molecular weight is 263 g/mol. The van der Waals surface area contributed by atoms with Gasteiger partial charge in [0.15, 0.2) is 0 Å². The number of nitrogens with zero attached hydrogens (tertiary/aromatic N) is 1. The van der Waals surface area contributed by atoms with Crippen LogP contribution >= 0.6 is 11.8 Å². The number of thioether (sulfide) groups is 1. The van der Waals surface area contributed by atoms with Crippen LogP contribution < -0.4 is 0 Å². The molecule has 0 aliphatic rings. The first-order chi connectivity index (χ1) is 7.61. The molecule has 0 aliphatic heterocycles. The molecular weight excluding hydrogens is 246 g/mol. The van der Waals surface area contributed by atoms with Crippen LogP contribution in [0, 0.1) is 0 Å². The minimum absolute atomic E-state index is 0.174. The van der Waals surface area contributed by atoms with Crippen LogP contribution in [0.2, 0.25) is 0 Å². The molecule has 17 heavy (non-hydrogen) atoms. The van der Waals surface area contributed by atoms with E-state index in [4.69, 9.17) is 9.84 Å². The second-order valence-electron chi connectivity index (χ2n) is 4.39. The van der Waals surface area contributed by atoms with Gasteiger partial charge in [0.25, 0.3) is 0 Å². The summed E-state index contributed by atoms with van der Waals surface area (Å²) in [6.07, 6.45) is -0.609. The van der Waals surface area contributed by atoms with Crippen molar-refractivity contribution in [1.29, 1.82) is 0 Å². The van der Waals surface area contributed by atoms with E-state index in [2.05, 4.69) is 0 Å². The van der Waals surface area contributed by atoms with Gasteiger partial charge in [-0.05, 0) is 20.8 Å². The Kier molecular flexibility index (Phi) is 6.01. The Morgan fingerprint density at radius 1 is 1.29 bits per heavy atom. The lowest BCUT2D eigenvalue weighted by molar-refractivity contribution is -0.134. The minimum atomic E-state index is -1.07. The number of carbonyl (C=O) groups excluding carboxylic acids is 2. The number of likely N-dealkylation sites (N-methyl/N-ethyl adjacent to an activating group) is 1. The standard InChI is InChI=1S/C10H17NO5S/c1-10(2,3)16-9(15)11(4)5-8(14)17-6-7(12)13/h5-6H2,1-4H3,(H,12,13). The van der Waals surface area contributed by atoms with Crippen LogP contribution in [0.25, 0.3) is 0 Å². The zero-order valence-corrected chi connectivity index (χ0v) is 11.2. The van der Waals surface area contributed by atoms with Gasteiger partial charge in [-0.15, -0.1) is 0 Å². The molecule has 0 aromatic heterocycles. The van der Waals surface area contributed by atoms with Crippen molar-refractivity contribution < 1.29 is 24.2 Å². The third kappa shape index (κ3) is 8.56. The van der Waals surface area contributed by atoms with Crippen LogP contribution in [-0.2, 0) is 14.3 Å². The predicted octanol–water partition coefficient (Wildman–Crippen LogP) is 1.20. The number of hydrogen-bond donors (Lipinski definition) is 1. The largest absolute Gasteiger partial charge is 0.481 e. The molecule has 0 rings (SSSR count). The van der Waals surface area contributed by atoms with Crippen molar-refractivity contribution in [3.8, 4) is 0 Å². The van der Waals surface area contributed by atoms with Gasteiger partial charge in [-0.1, -0.05) is 11.8 Å². The number of carbonyl (C=O) groups is 3. The Labute approximate surface area is 104 Å². The summed E-state index contributed by atoms with van der Waals surface area (Å²) in [6.45, 7) is 4.99. The molecule has 6 nitrogen and oxygen atoms in total. The first-order valence-corrected chi connectivity index (χ1v) is 5.92. The third-order valence-corrected chi connectivity index (χ3v) is 2.27. The molecule has 0 aliphatic carbocycles. The number of carboxylic acid groups (broad SMARTS) is 1. The molecule has 0 spiro atoms. The van der Waals surface area contributed by atoms with E-state index in [9.17, 15) is 14.4 Å². The lowest BCUT2D eigenvalue weighted by Crippen LogP contribution is -2.36. The first kappa shape index (κ1) is 15.8. The van der Waals surface area contributed by atoms with Gasteiger partial charge in [0.2, 0.25) is 5.12 Å². The Morgan fingerprint density at radius 2 is 1.82 bits per heavy atom. The van der Waals surface area contributed by atoms with Gasteiger partial charge in [-0.2, -0.15) is 0 Å². The number of amides is 1. The minimum Gasteiger partial charge on any atom is -0.481 e. The topological polar surface area (TPSA) is 83.9 Å². The fraction of sp³-hybridized carbons (Fsp3) is 0.700. The number of ether oxygens (including phenoxy) is 1. The van der Waals surface area contributed by atoms with Crippen molar-refractivity contribution in [2.24, 2.45) is 0 Å². The highest BCUT2D eigenvalue weighted by molar-refractivity contribution is 8.14. The summed E-state index contributed by atoms with van der Waals surface area (Å²) in [7, 11) is 1.42. The molecule has 1 amide bonds. The Morgan fingerprint density at radius 3 is 2.24 bits per heavy atom. The fourth-order valence-electron chi connectivity index (χ4n) is 0.786. The van der Waals surface area contributed by atoms with Crippen molar-refractivity contribution in [3.63, 3.8) is 0 Å². The summed E-state index contributed by atoms with van der Waals surface area (Å²) in [5.74, 6) is -1.37. The molecule has 1 N–H and O–H groups in total. The predicted molar refractivity (Wildman–Crippen MR) is 64.0 cm³/mol. The van der Waals surface area contributed by atoms with Crippen molar-refractivity contribution in [1.82, 2.24) is 4.90 Å². The molecule has 98 valence electrons. The molecule has 0 saturated heterocycles. The van der Waals surface area contributed by atoms with E-state index in [0.717, 1.165) is 4.90 Å². The van der Waals surface area contributed by atoms with E-state index in [0.29, 0.717) is 11.8 Å². The van der Waals surface area contributed by atoms with Crippen molar-refractivity contribution in [2.45, 2.75) is 26.4 Å². The van der Waals surface area contributed by atoms with E-state index >= 15 is 0 Å². The van der Waals surface area contributed by atoms with Gasteiger partial charge in [0, 0.05) is 7.05 Å². The zero-order valence-electron chi connectivity index (χ0n) is 10.3. The van der Waals surface area contributed by atoms with Crippen LogP contribution in [0.1, 0.15) is 20.8 Å². The molecule has 0 unspecified atom stereocenters. The summed E-state index contributed by atoms with van der Waals surface area (Å²) in [6, 6.07) is 0. The molecule has 0 fully saturated rings. The quantitative estimate of drug-likeness (QED) is 0.820. The number of rotatable bonds is 4. The third-order valence-electron chi connectivity index (χ3n) is 1.43. The number of hydrogen-bond acceptors (Lipinski definition) is 5. The number of carboxylic acids is 1. The highest BCUT2D eigenvalue weighted by Gasteiger charge is 2.21. The maximum absolute atomic E-state index is 11.5. The molecule has 7 heteroatoms. The van der Waals surface area contributed by atoms with Crippen molar-refractivity contribution in [3.05, 3.63) is 0 Å². The van der Waals surface area contributed by atoms with Gasteiger partial charge in [0.1, 0.15) is 5.60 Å². The zero-order chi connectivity index (χ0) is 13.6. The van der Waals surface area contributed by atoms with Gasteiger partial charge in [0.05, 0.1) is 12.3 Å². The Hall–Kier alpha value is -1.24. The SMILES string of the molecule is CN(CC(=O)SCC(=O)O)C(=O)OC(C)(C)C. The van der Waals surface area contributed by atoms with Crippen LogP contribution in [0.5, 0.6) is 0 Å². The van der Waals surface area contributed by atoms with Crippen LogP contribution in [0.3, 0.4) is 0 Å². The maximum Gasteiger partial charge on any atom is 0.410 e. The van der Waals surface area contributed by atoms with Gasteiger partial charge >= 0.3 is 12.1 Å². The van der Waals surface area contributed by atoms with E-state index in [1.807, 2.05) is 0 Å². The second kappa shape index (κ2) is 6.48. The molecule has 0 bridgehead atoms. The highest BCUT2D eigenvalue weighted by atomic mass is 32.2. The van der Waals surface area contributed by atoms with Crippen LogP contribution in [0.15, 0.2) is 0 Å². The summed E-state index contributed by atoms with van der Waals surface area (Å²) in [5, 5.41) is 7.99. The monoisotopic (exact) mass is 263 g/mol. The first-order valence-electron chi connectivity index (χ1n) is 4.93. The molecule has 0 radical (unpaired) electrons. The molecular formula is C10H17NO5S. The van der Waals surface area contributed by atoms with Crippen LogP contribution in [-0.4, -0.2) is 52.1 Å². The Bertz CT molecular complexity index is 310. The van der Waals surface area contributed by atoms with E-state index in [1.165, 1.54) is 7.05 Å². The summed E-state index contributed by atoms with van der Waals surface area (Å²) >= 11 is 0.660. The van der Waals surface area contributed by atoms with E-state index in [-0.39, 0.29) is 17.4 Å². The highest BCUT2D eigenvalue weighted by Crippen LogP contribution is 2.10. The van der Waals surface area contributed by atoms with E-state index in [1.54, 1.807) is 20.8 Å². The normalized spacial score (nSPS) is 10.8. The molecule has 0 heterocycles. The van der Waals surface area contributed by atoms with Gasteiger partial charge < -0.3 is 14.7 Å². The number of aliphatic carboxylic acids is 1. The van der Waals surface area contributed by atoms with Crippen LogP contribution in [0.4, 0.5) is 4.79 Å². The lowest BCUT2D eigenvalue weighted by atomic mass is 10.2. The van der Waals surface area contributed by atoms with Crippen molar-refractivity contribution >= 4 is 28.9 Å². The molecule has 0 aromatic rings. The summed E-state index contributed by atoms with van der Waals surface area (Å²) < 4.78 is 5.04. The van der Waals surface area contributed by atoms with Gasteiger partial charge in [-0.25, -0.2) is 4.79 Å². The second-order valence-corrected chi connectivity index (χ2v) is 5.42. The lowest BCUT2D eigenvalue weighted by Gasteiger charge is -2.24. The van der Waals surface area contributed by atoms with Gasteiger partial charge in [-0.3, -0.25) is 9.59 Å².